The van der Waals surface area contributed by atoms with E-state index in [1.165, 1.54) is 55.2 Å². The first kappa shape index (κ1) is 12.0. The Kier molecular flexibility index (Phi) is 2.20. The van der Waals surface area contributed by atoms with Crippen LogP contribution in [-0.4, -0.2) is 4.98 Å². The molecule has 0 aliphatic heterocycles. The molecule has 0 amide bonds. The highest BCUT2D eigenvalue weighted by atomic mass is 14.7. The number of nitrogens with one attached hydrogen (secondary N) is 1. The van der Waals surface area contributed by atoms with Crippen molar-refractivity contribution in [3.63, 3.8) is 0 Å². The third kappa shape index (κ3) is 1.43. The summed E-state index contributed by atoms with van der Waals surface area (Å²) in [6.45, 7) is 4.42. The lowest BCUT2D eigenvalue weighted by atomic mass is 9.97. The monoisotopic (exact) mass is 283 g/mol. The van der Waals surface area contributed by atoms with Crippen molar-refractivity contribution in [1.29, 1.82) is 0 Å². The van der Waals surface area contributed by atoms with Crippen LogP contribution in [0.3, 0.4) is 0 Å². The third-order valence-electron chi connectivity index (χ3n) is 5.05. The largest absolute Gasteiger partial charge is 0.354 e. The molecule has 1 heteroatoms. The molecule has 0 spiro atoms. The summed E-state index contributed by atoms with van der Waals surface area (Å²) in [7, 11) is 0. The molecular weight excluding hydrogens is 266 g/mol. The van der Waals surface area contributed by atoms with E-state index >= 15 is 0 Å². The number of H-pyrrole nitrogens is 1. The molecule has 0 radical (unpaired) electrons. The highest BCUT2D eigenvalue weighted by Crippen LogP contribution is 2.43. The average molecular weight is 283 g/mol. The minimum Gasteiger partial charge on any atom is -0.354 e. The van der Waals surface area contributed by atoms with Gasteiger partial charge in [0.1, 0.15) is 0 Å². The maximum atomic E-state index is 3.63. The third-order valence-corrected chi connectivity index (χ3v) is 5.05. The molecule has 1 nitrogen and oxygen atoms in total. The van der Waals surface area contributed by atoms with E-state index in [0.717, 1.165) is 6.42 Å². The van der Waals surface area contributed by atoms with Gasteiger partial charge in [0.15, 0.2) is 0 Å². The van der Waals surface area contributed by atoms with Gasteiger partial charge in [-0.15, -0.1) is 0 Å². The quantitative estimate of drug-likeness (QED) is 0.386. The normalized spacial score (nSPS) is 12.8. The van der Waals surface area contributed by atoms with Crippen LogP contribution in [-0.2, 0) is 6.42 Å². The zero-order chi connectivity index (χ0) is 14.8. The van der Waals surface area contributed by atoms with Gasteiger partial charge in [-0.1, -0.05) is 35.9 Å². The summed E-state index contributed by atoms with van der Waals surface area (Å²) in [6, 6.07) is 17.9. The van der Waals surface area contributed by atoms with Gasteiger partial charge < -0.3 is 4.98 Å². The van der Waals surface area contributed by atoms with Gasteiger partial charge in [0.05, 0.1) is 5.52 Å². The van der Waals surface area contributed by atoms with Gasteiger partial charge in [-0.2, -0.15) is 0 Å². The number of hydrogen-bond acceptors (Lipinski definition) is 0. The smallest absolute Gasteiger partial charge is 0.0501 e. The number of benzene rings is 3. The first-order valence-electron chi connectivity index (χ1n) is 7.85. The van der Waals surface area contributed by atoms with E-state index in [-0.39, 0.29) is 0 Å². The van der Waals surface area contributed by atoms with E-state index in [2.05, 4.69) is 67.4 Å². The Morgan fingerprint density at radius 1 is 0.864 bits per heavy atom. The molecule has 0 fully saturated rings. The summed E-state index contributed by atoms with van der Waals surface area (Å²) in [4.78, 5) is 3.63. The highest BCUT2D eigenvalue weighted by molar-refractivity contribution is 6.11. The van der Waals surface area contributed by atoms with Crippen molar-refractivity contribution in [2.24, 2.45) is 0 Å². The van der Waals surface area contributed by atoms with Crippen molar-refractivity contribution >= 4 is 21.8 Å². The van der Waals surface area contributed by atoms with Gasteiger partial charge in [-0.25, -0.2) is 0 Å². The molecule has 22 heavy (non-hydrogen) atoms. The maximum Gasteiger partial charge on any atom is 0.0501 e. The van der Waals surface area contributed by atoms with Gasteiger partial charge >= 0.3 is 0 Å². The van der Waals surface area contributed by atoms with Gasteiger partial charge in [-0.05, 0) is 66.3 Å². The molecule has 0 saturated heterocycles. The molecule has 0 atom stereocenters. The van der Waals surface area contributed by atoms with Crippen molar-refractivity contribution in [2.75, 3.05) is 0 Å². The predicted molar refractivity (Wildman–Crippen MR) is 93.5 cm³/mol. The van der Waals surface area contributed by atoms with E-state index < -0.39 is 0 Å². The number of aromatic amines is 1. The summed E-state index contributed by atoms with van der Waals surface area (Å²) in [6.07, 6.45) is 1.06. The van der Waals surface area contributed by atoms with E-state index in [1.807, 2.05) is 0 Å². The van der Waals surface area contributed by atoms with Crippen molar-refractivity contribution in [2.45, 2.75) is 20.3 Å². The Morgan fingerprint density at radius 2 is 1.73 bits per heavy atom. The van der Waals surface area contributed by atoms with Crippen molar-refractivity contribution < 1.29 is 0 Å². The van der Waals surface area contributed by atoms with Gasteiger partial charge in [0.25, 0.3) is 0 Å². The van der Waals surface area contributed by atoms with Crippen LogP contribution in [0, 0.1) is 13.8 Å². The fourth-order valence-corrected chi connectivity index (χ4v) is 4.02. The molecule has 5 rings (SSSR count). The summed E-state index contributed by atoms with van der Waals surface area (Å²) in [5, 5.41) is 2.71. The summed E-state index contributed by atoms with van der Waals surface area (Å²) < 4.78 is 0. The summed E-state index contributed by atoms with van der Waals surface area (Å²) >= 11 is 0. The van der Waals surface area contributed by atoms with Gasteiger partial charge in [0.2, 0.25) is 0 Å². The Bertz CT molecular complexity index is 1070. The lowest BCUT2D eigenvalue weighted by molar-refractivity contribution is 1.26. The predicted octanol–water partition coefficient (Wildman–Crippen LogP) is 5.51. The fourth-order valence-electron chi connectivity index (χ4n) is 4.02. The molecule has 0 bridgehead atoms. The van der Waals surface area contributed by atoms with Crippen molar-refractivity contribution in [3.8, 4) is 11.1 Å². The molecule has 1 aliphatic rings. The van der Waals surface area contributed by atoms with E-state index in [1.54, 1.807) is 0 Å². The minimum atomic E-state index is 1.06. The second kappa shape index (κ2) is 4.01. The fraction of sp³-hybridized carbons (Fsp3) is 0.143. The zero-order valence-corrected chi connectivity index (χ0v) is 12.8. The van der Waals surface area contributed by atoms with Crippen LogP contribution in [0.2, 0.25) is 0 Å². The Labute approximate surface area is 129 Å². The number of rotatable bonds is 0. The number of fused-ring (bicyclic) bond motifs is 6. The highest BCUT2D eigenvalue weighted by Gasteiger charge is 2.22. The molecule has 1 heterocycles. The summed E-state index contributed by atoms with van der Waals surface area (Å²) in [5.41, 5.74) is 11.0. The number of aromatic nitrogens is 1. The van der Waals surface area contributed by atoms with Gasteiger partial charge in [0, 0.05) is 16.3 Å². The van der Waals surface area contributed by atoms with Crippen molar-refractivity contribution in [1.82, 2.24) is 4.98 Å². The van der Waals surface area contributed by atoms with Crippen LogP contribution in [0.25, 0.3) is 32.9 Å². The van der Waals surface area contributed by atoms with Gasteiger partial charge in [-0.3, -0.25) is 0 Å². The second-order valence-electron chi connectivity index (χ2n) is 6.47. The standard InChI is InChI=1S/C21H17N/c1-12-7-8-19-17(9-12)18-11-15-10-14-5-3-4-6-16(14)20(15)13(2)21(18)22-19/h3-9,11,22H,10H2,1-2H3. The van der Waals surface area contributed by atoms with Crippen molar-refractivity contribution in [3.05, 3.63) is 70.8 Å². The summed E-state index contributed by atoms with van der Waals surface area (Å²) in [5.74, 6) is 0. The Hall–Kier alpha value is -2.54. The molecule has 106 valence electrons. The average Bonchev–Trinajstić information content (AvgIpc) is 3.06. The Balaban J connectivity index is 1.94. The molecular formula is C21H17N. The lowest BCUT2D eigenvalue weighted by Gasteiger charge is -2.07. The van der Waals surface area contributed by atoms with Crippen LogP contribution in [0.15, 0.2) is 48.5 Å². The SMILES string of the molecule is Cc1ccc2[nH]c3c(C)c4c(cc3c2c1)Cc1ccccc1-4. The van der Waals surface area contributed by atoms with E-state index in [0.29, 0.717) is 0 Å². The number of hydrogen-bond donors (Lipinski definition) is 1. The van der Waals surface area contributed by atoms with E-state index in [4.69, 9.17) is 0 Å². The van der Waals surface area contributed by atoms with E-state index in [9.17, 15) is 0 Å². The second-order valence-corrected chi connectivity index (χ2v) is 6.47. The lowest BCUT2D eigenvalue weighted by Crippen LogP contribution is -1.86. The molecule has 0 saturated carbocycles. The number of aryl methyl sites for hydroxylation is 2. The maximum absolute atomic E-state index is 3.63. The van der Waals surface area contributed by atoms with Crippen LogP contribution < -0.4 is 0 Å². The first-order valence-corrected chi connectivity index (χ1v) is 7.85. The molecule has 1 aliphatic carbocycles. The van der Waals surface area contributed by atoms with Crippen LogP contribution in [0.1, 0.15) is 22.3 Å². The first-order chi connectivity index (χ1) is 10.7. The molecule has 0 unspecified atom stereocenters. The van der Waals surface area contributed by atoms with Crippen LogP contribution in [0.4, 0.5) is 0 Å². The molecule has 1 aromatic heterocycles. The molecule has 3 aromatic carbocycles. The van der Waals surface area contributed by atoms with Crippen LogP contribution in [0.5, 0.6) is 0 Å². The minimum absolute atomic E-state index is 1.06. The zero-order valence-electron chi connectivity index (χ0n) is 12.8. The van der Waals surface area contributed by atoms with Crippen LogP contribution >= 0.6 is 0 Å². The molecule has 4 aromatic rings. The Morgan fingerprint density at radius 3 is 2.64 bits per heavy atom. The molecule has 1 N–H and O–H groups in total. The topological polar surface area (TPSA) is 15.8 Å².